The van der Waals surface area contributed by atoms with Gasteiger partial charge in [0.05, 0.1) is 5.69 Å². The highest BCUT2D eigenvalue weighted by Gasteiger charge is 2.22. The van der Waals surface area contributed by atoms with Gasteiger partial charge in [-0.2, -0.15) is 0 Å². The molecule has 1 saturated carbocycles. The molecule has 2 rings (SSSR count). The Bertz CT molecular complexity index is 394. The lowest BCUT2D eigenvalue weighted by atomic mass is 10.1. The fraction of sp³-hybridized carbons (Fsp3) is 0.800. The zero-order valence-electron chi connectivity index (χ0n) is 12.7. The minimum Gasteiger partial charge on any atom is -0.348 e. The molecule has 1 N–H and O–H groups in total. The van der Waals surface area contributed by atoms with Crippen molar-refractivity contribution in [3.8, 4) is 0 Å². The van der Waals surface area contributed by atoms with Gasteiger partial charge < -0.3 is 10.2 Å². The van der Waals surface area contributed by atoms with Gasteiger partial charge in [0.15, 0.2) is 5.13 Å². The summed E-state index contributed by atoms with van der Waals surface area (Å²) in [7, 11) is 2.19. The first-order valence-corrected chi connectivity index (χ1v) is 8.45. The molecule has 0 atom stereocenters. The number of thiazole rings is 1. The molecule has 19 heavy (non-hydrogen) atoms. The Hall–Kier alpha value is -0.610. The molecule has 0 bridgehead atoms. The predicted octanol–water partition coefficient (Wildman–Crippen LogP) is 3.58. The van der Waals surface area contributed by atoms with Gasteiger partial charge in [-0.05, 0) is 32.1 Å². The van der Waals surface area contributed by atoms with E-state index in [1.807, 2.05) is 11.3 Å². The molecule has 0 amide bonds. The summed E-state index contributed by atoms with van der Waals surface area (Å²) in [6, 6.07) is 1.38. The van der Waals surface area contributed by atoms with Crippen LogP contribution < -0.4 is 10.2 Å². The highest BCUT2D eigenvalue weighted by atomic mass is 32.1. The van der Waals surface area contributed by atoms with Crippen molar-refractivity contribution in [2.45, 2.75) is 71.5 Å². The van der Waals surface area contributed by atoms with Crippen LogP contribution in [0.15, 0.2) is 0 Å². The Morgan fingerprint density at radius 3 is 2.53 bits per heavy atom. The smallest absolute Gasteiger partial charge is 0.185 e. The monoisotopic (exact) mass is 281 g/mol. The largest absolute Gasteiger partial charge is 0.348 e. The summed E-state index contributed by atoms with van der Waals surface area (Å²) in [5, 5.41) is 4.80. The van der Waals surface area contributed by atoms with E-state index in [1.54, 1.807) is 0 Å². The molecule has 1 fully saturated rings. The number of rotatable bonds is 8. The number of hydrogen-bond donors (Lipinski definition) is 1. The zero-order chi connectivity index (χ0) is 13.8. The zero-order valence-corrected chi connectivity index (χ0v) is 13.5. The number of anilines is 1. The van der Waals surface area contributed by atoms with E-state index < -0.39 is 0 Å². The molecular formula is C15H27N3S. The van der Waals surface area contributed by atoms with Gasteiger partial charge in [0, 0.05) is 30.6 Å². The second-order valence-corrected chi connectivity index (χ2v) is 6.52. The van der Waals surface area contributed by atoms with E-state index in [9.17, 15) is 0 Å². The van der Waals surface area contributed by atoms with Gasteiger partial charge >= 0.3 is 0 Å². The van der Waals surface area contributed by atoms with E-state index in [4.69, 9.17) is 4.98 Å². The lowest BCUT2D eigenvalue weighted by Gasteiger charge is -2.25. The van der Waals surface area contributed by atoms with Crippen LogP contribution in [0.4, 0.5) is 5.13 Å². The number of hydrogen-bond acceptors (Lipinski definition) is 4. The summed E-state index contributed by atoms with van der Waals surface area (Å²) in [4.78, 5) is 8.65. The molecule has 4 heteroatoms. The van der Waals surface area contributed by atoms with Crippen molar-refractivity contribution in [2.75, 3.05) is 11.9 Å². The normalized spacial score (nSPS) is 15.2. The van der Waals surface area contributed by atoms with Crippen LogP contribution in [0.3, 0.4) is 0 Å². The fourth-order valence-electron chi connectivity index (χ4n) is 2.45. The van der Waals surface area contributed by atoms with Crippen molar-refractivity contribution in [1.29, 1.82) is 0 Å². The molecule has 0 aliphatic heterocycles. The van der Waals surface area contributed by atoms with Crippen molar-refractivity contribution in [3.05, 3.63) is 10.6 Å². The average Bonchev–Trinajstić information content (AvgIpc) is 3.16. The first-order chi connectivity index (χ1) is 9.19. The fourth-order valence-corrected chi connectivity index (χ4v) is 3.58. The first kappa shape index (κ1) is 14.8. The maximum absolute atomic E-state index is 4.85. The Kier molecular flexibility index (Phi) is 5.22. The van der Waals surface area contributed by atoms with Gasteiger partial charge in [0.1, 0.15) is 0 Å². The Labute approximate surface area is 121 Å². The Balaban J connectivity index is 2.07. The molecule has 1 aromatic rings. The van der Waals surface area contributed by atoms with Crippen molar-refractivity contribution in [1.82, 2.24) is 10.3 Å². The predicted molar refractivity (Wildman–Crippen MR) is 84.1 cm³/mol. The molecule has 0 radical (unpaired) electrons. The lowest BCUT2D eigenvalue weighted by Crippen LogP contribution is -2.30. The summed E-state index contributed by atoms with van der Waals surface area (Å²) in [5.41, 5.74) is 1.28. The van der Waals surface area contributed by atoms with Gasteiger partial charge in [-0.15, -0.1) is 11.3 Å². The lowest BCUT2D eigenvalue weighted by molar-refractivity contribution is 0.590. The summed E-state index contributed by atoms with van der Waals surface area (Å²) in [5.74, 6) is 0. The van der Waals surface area contributed by atoms with Crippen LogP contribution in [-0.4, -0.2) is 24.1 Å². The molecule has 1 aromatic heterocycles. The van der Waals surface area contributed by atoms with Crippen LogP contribution in [0.2, 0.25) is 0 Å². The molecule has 0 unspecified atom stereocenters. The van der Waals surface area contributed by atoms with E-state index in [2.05, 4.69) is 38.0 Å². The van der Waals surface area contributed by atoms with Gasteiger partial charge in [0.2, 0.25) is 0 Å². The second kappa shape index (κ2) is 6.71. The summed E-state index contributed by atoms with van der Waals surface area (Å²) in [6.45, 7) is 7.72. The van der Waals surface area contributed by atoms with Gasteiger partial charge in [-0.25, -0.2) is 4.98 Å². The molecule has 108 valence electrons. The summed E-state index contributed by atoms with van der Waals surface area (Å²) >= 11 is 1.87. The quantitative estimate of drug-likeness (QED) is 0.789. The van der Waals surface area contributed by atoms with Gasteiger partial charge in [-0.1, -0.05) is 20.8 Å². The van der Waals surface area contributed by atoms with Crippen LogP contribution in [-0.2, 0) is 13.0 Å². The maximum Gasteiger partial charge on any atom is 0.185 e. The van der Waals surface area contributed by atoms with Crippen LogP contribution in [0.25, 0.3) is 0 Å². The van der Waals surface area contributed by atoms with Crippen LogP contribution in [0.5, 0.6) is 0 Å². The number of nitrogens with one attached hydrogen (secondary N) is 1. The highest BCUT2D eigenvalue weighted by molar-refractivity contribution is 7.15. The minimum atomic E-state index is 0.611. The van der Waals surface area contributed by atoms with E-state index in [-0.39, 0.29) is 0 Å². The van der Waals surface area contributed by atoms with E-state index in [1.165, 1.54) is 41.4 Å². The van der Waals surface area contributed by atoms with Crippen LogP contribution >= 0.6 is 11.3 Å². The molecule has 0 spiro atoms. The topological polar surface area (TPSA) is 28.2 Å². The molecule has 1 heterocycles. The maximum atomic E-state index is 4.85. The number of aromatic nitrogens is 1. The van der Waals surface area contributed by atoms with Gasteiger partial charge in [0.25, 0.3) is 0 Å². The van der Waals surface area contributed by atoms with E-state index in [0.717, 1.165) is 19.0 Å². The van der Waals surface area contributed by atoms with Crippen LogP contribution in [0.1, 0.15) is 57.0 Å². The first-order valence-electron chi connectivity index (χ1n) is 7.64. The number of aryl methyl sites for hydroxylation is 1. The van der Waals surface area contributed by atoms with Crippen molar-refractivity contribution in [2.24, 2.45) is 0 Å². The van der Waals surface area contributed by atoms with Crippen LogP contribution in [0, 0.1) is 0 Å². The van der Waals surface area contributed by atoms with E-state index >= 15 is 0 Å². The molecule has 1 aliphatic carbocycles. The van der Waals surface area contributed by atoms with Crippen molar-refractivity contribution >= 4 is 16.5 Å². The van der Waals surface area contributed by atoms with Gasteiger partial charge in [-0.3, -0.25) is 0 Å². The van der Waals surface area contributed by atoms with E-state index in [0.29, 0.717) is 6.04 Å². The Morgan fingerprint density at radius 1 is 1.32 bits per heavy atom. The van der Waals surface area contributed by atoms with Crippen molar-refractivity contribution in [3.63, 3.8) is 0 Å². The Morgan fingerprint density at radius 2 is 2.00 bits per heavy atom. The third-order valence-corrected chi connectivity index (χ3v) is 5.21. The summed E-state index contributed by atoms with van der Waals surface area (Å²) in [6.07, 6.45) is 6.10. The molecule has 1 aliphatic rings. The van der Waals surface area contributed by atoms with Crippen molar-refractivity contribution < 1.29 is 0 Å². The number of nitrogens with zero attached hydrogens (tertiary/aromatic N) is 2. The minimum absolute atomic E-state index is 0.611. The molecule has 3 nitrogen and oxygen atoms in total. The molecule has 0 saturated heterocycles. The summed E-state index contributed by atoms with van der Waals surface area (Å²) < 4.78 is 0. The third-order valence-electron chi connectivity index (χ3n) is 4.02. The SMILES string of the molecule is CCc1nc(N(C)C(CC)CC)sc1CNC1CC1. The molecular weight excluding hydrogens is 254 g/mol. The second-order valence-electron chi connectivity index (χ2n) is 5.46. The average molecular weight is 281 g/mol. The standard InChI is InChI=1S/C15H27N3S/c1-5-12(6-2)18(4)15-17-13(7-3)14(19-15)10-16-11-8-9-11/h11-12,16H,5-10H2,1-4H3. The molecule has 0 aromatic carbocycles. The third kappa shape index (κ3) is 3.69. The highest BCUT2D eigenvalue weighted by Crippen LogP contribution is 2.29.